The van der Waals surface area contributed by atoms with Crippen molar-refractivity contribution in [1.29, 1.82) is 5.26 Å². The lowest BCUT2D eigenvalue weighted by Crippen LogP contribution is -2.38. The molecular formula is C19H22N4O2S. The van der Waals surface area contributed by atoms with Crippen LogP contribution in [0.3, 0.4) is 0 Å². The average Bonchev–Trinajstić information content (AvgIpc) is 3.26. The van der Waals surface area contributed by atoms with Crippen molar-refractivity contribution < 1.29 is 9.11 Å². The molecule has 0 aromatic heterocycles. The molecule has 2 aliphatic rings. The van der Waals surface area contributed by atoms with Crippen LogP contribution in [0, 0.1) is 11.5 Å². The second-order valence-corrected chi connectivity index (χ2v) is 8.53. The summed E-state index contributed by atoms with van der Waals surface area (Å²) < 4.78 is 25.4. The van der Waals surface area contributed by atoms with Gasteiger partial charge in [-0.15, -0.1) is 0 Å². The highest BCUT2D eigenvalue weighted by molar-refractivity contribution is 8.23. The van der Waals surface area contributed by atoms with Gasteiger partial charge in [-0.2, -0.15) is 9.57 Å². The lowest BCUT2D eigenvalue weighted by atomic mass is 10.1. The fraction of sp³-hybridized carbons (Fsp3) is 0.316. The van der Waals surface area contributed by atoms with Gasteiger partial charge in [-0.3, -0.25) is 13.4 Å². The molecule has 0 amide bonds. The second-order valence-electron chi connectivity index (χ2n) is 6.64. The molecule has 2 aromatic rings. The number of nitrogens with zero attached hydrogens (tertiary/aromatic N) is 4. The molecule has 1 atom stereocenters. The van der Waals surface area contributed by atoms with Gasteiger partial charge in [0.25, 0.3) is 0 Å². The monoisotopic (exact) mass is 370 g/mol. The standard InChI is InChI=1S/C19H22N4O2S/c20-15-21-10-9-19(14-21)23-12-11-22(26(23,24)25)18-8-4-7-17(13-18)16-5-2-1-3-6-16/h1-8,13,19,24-25H,9-12,14H2/t19-/m0/s1. The van der Waals surface area contributed by atoms with E-state index in [4.69, 9.17) is 5.26 Å². The summed E-state index contributed by atoms with van der Waals surface area (Å²) in [5.74, 6) is 0. The van der Waals surface area contributed by atoms with Gasteiger partial charge in [0, 0.05) is 19.6 Å². The first-order valence-electron chi connectivity index (χ1n) is 8.72. The number of hydrogen-bond donors (Lipinski definition) is 2. The van der Waals surface area contributed by atoms with Crippen molar-refractivity contribution in [1.82, 2.24) is 9.21 Å². The van der Waals surface area contributed by atoms with E-state index in [9.17, 15) is 9.11 Å². The van der Waals surface area contributed by atoms with Gasteiger partial charge < -0.3 is 4.90 Å². The van der Waals surface area contributed by atoms with Gasteiger partial charge in [0.1, 0.15) is 0 Å². The second kappa shape index (κ2) is 6.82. The van der Waals surface area contributed by atoms with E-state index in [2.05, 4.69) is 6.19 Å². The predicted octanol–water partition coefficient (Wildman–Crippen LogP) is 3.61. The zero-order valence-electron chi connectivity index (χ0n) is 14.4. The van der Waals surface area contributed by atoms with Crippen LogP contribution < -0.4 is 4.31 Å². The van der Waals surface area contributed by atoms with Gasteiger partial charge in [0.05, 0.1) is 18.3 Å². The molecule has 0 saturated carbocycles. The topological polar surface area (TPSA) is 74.0 Å². The first-order chi connectivity index (χ1) is 12.6. The molecule has 4 rings (SSSR count). The van der Waals surface area contributed by atoms with E-state index in [0.29, 0.717) is 26.2 Å². The third-order valence-corrected chi connectivity index (χ3v) is 7.18. The predicted molar refractivity (Wildman–Crippen MR) is 104 cm³/mol. The Morgan fingerprint density at radius 2 is 1.73 bits per heavy atom. The van der Waals surface area contributed by atoms with Gasteiger partial charge in [-0.25, -0.2) is 0 Å². The van der Waals surface area contributed by atoms with E-state index in [1.807, 2.05) is 54.6 Å². The number of likely N-dealkylation sites (tertiary alicyclic amines) is 1. The Bertz CT molecular complexity index is 824. The molecule has 0 bridgehead atoms. The van der Waals surface area contributed by atoms with E-state index < -0.39 is 11.0 Å². The average molecular weight is 370 g/mol. The van der Waals surface area contributed by atoms with Crippen LogP contribution in [-0.4, -0.2) is 50.5 Å². The van der Waals surface area contributed by atoms with Gasteiger partial charge >= 0.3 is 0 Å². The molecular weight excluding hydrogens is 348 g/mol. The van der Waals surface area contributed by atoms with Crippen LogP contribution in [0.2, 0.25) is 0 Å². The lowest BCUT2D eigenvalue weighted by molar-refractivity contribution is 0.310. The first kappa shape index (κ1) is 17.2. The van der Waals surface area contributed by atoms with E-state index >= 15 is 0 Å². The highest BCUT2D eigenvalue weighted by Crippen LogP contribution is 2.55. The molecule has 2 N–H and O–H groups in total. The van der Waals surface area contributed by atoms with Crippen molar-refractivity contribution in [3.8, 4) is 17.3 Å². The fourth-order valence-electron chi connectivity index (χ4n) is 3.75. The van der Waals surface area contributed by atoms with Crippen LogP contribution in [0.25, 0.3) is 11.1 Å². The van der Waals surface area contributed by atoms with Crippen molar-refractivity contribution in [3.63, 3.8) is 0 Å². The quantitative estimate of drug-likeness (QED) is 0.804. The third kappa shape index (κ3) is 3.02. The normalized spacial score (nSPS) is 23.8. The van der Waals surface area contributed by atoms with E-state index in [0.717, 1.165) is 23.2 Å². The van der Waals surface area contributed by atoms with Crippen LogP contribution in [0.5, 0.6) is 0 Å². The number of benzene rings is 2. The van der Waals surface area contributed by atoms with E-state index in [1.165, 1.54) is 0 Å². The molecule has 2 aliphatic heterocycles. The third-order valence-electron chi connectivity index (χ3n) is 5.09. The van der Waals surface area contributed by atoms with Gasteiger partial charge in [0.15, 0.2) is 6.19 Å². The van der Waals surface area contributed by atoms with Crippen molar-refractivity contribution >= 4 is 16.6 Å². The van der Waals surface area contributed by atoms with Gasteiger partial charge in [0.2, 0.25) is 0 Å². The minimum atomic E-state index is -3.06. The molecule has 6 nitrogen and oxygen atoms in total. The minimum absolute atomic E-state index is 0.00181. The molecule has 0 spiro atoms. The smallest absolute Gasteiger partial charge is 0.179 e. The summed E-state index contributed by atoms with van der Waals surface area (Å²) in [6, 6.07) is 18.0. The lowest BCUT2D eigenvalue weighted by Gasteiger charge is -2.45. The van der Waals surface area contributed by atoms with Crippen molar-refractivity contribution in [2.24, 2.45) is 0 Å². The van der Waals surface area contributed by atoms with Crippen molar-refractivity contribution in [3.05, 3.63) is 54.6 Å². The summed E-state index contributed by atoms with van der Waals surface area (Å²) in [6.07, 6.45) is 2.93. The summed E-state index contributed by atoms with van der Waals surface area (Å²) in [7, 11) is -3.06. The maximum atomic E-state index is 10.9. The van der Waals surface area contributed by atoms with Crippen molar-refractivity contribution in [2.45, 2.75) is 12.5 Å². The van der Waals surface area contributed by atoms with E-state index in [-0.39, 0.29) is 6.04 Å². The molecule has 2 aromatic carbocycles. The highest BCUT2D eigenvalue weighted by atomic mass is 32.3. The summed E-state index contributed by atoms with van der Waals surface area (Å²) in [4.78, 5) is 1.68. The van der Waals surface area contributed by atoms with Gasteiger partial charge in [-0.1, -0.05) is 53.4 Å². The molecule has 0 aliphatic carbocycles. The van der Waals surface area contributed by atoms with Crippen LogP contribution in [0.4, 0.5) is 5.69 Å². The maximum Gasteiger partial charge on any atom is 0.179 e. The first-order valence-corrected chi connectivity index (χ1v) is 10.2. The Morgan fingerprint density at radius 3 is 2.46 bits per heavy atom. The Kier molecular flexibility index (Phi) is 4.51. The Labute approximate surface area is 155 Å². The maximum absolute atomic E-state index is 10.9. The summed E-state index contributed by atoms with van der Waals surface area (Å²) >= 11 is 0. The summed E-state index contributed by atoms with van der Waals surface area (Å²) in [5, 5.41) is 9.05. The minimum Gasteiger partial charge on any atom is -0.309 e. The number of nitriles is 1. The Morgan fingerprint density at radius 1 is 0.962 bits per heavy atom. The zero-order chi connectivity index (χ0) is 18.1. The van der Waals surface area contributed by atoms with Crippen LogP contribution >= 0.6 is 11.0 Å². The SMILES string of the molecule is N#CN1CC[C@H](N2CCN(c3cccc(-c4ccccc4)c3)S2(O)O)C1. The van der Waals surface area contributed by atoms with E-state index in [1.54, 1.807) is 13.5 Å². The molecule has 2 heterocycles. The Balaban J connectivity index is 1.58. The van der Waals surface area contributed by atoms with Crippen LogP contribution in [0.15, 0.2) is 54.6 Å². The van der Waals surface area contributed by atoms with Gasteiger partial charge in [-0.05, 0) is 29.7 Å². The molecule has 26 heavy (non-hydrogen) atoms. The number of rotatable bonds is 3. The molecule has 2 saturated heterocycles. The molecule has 0 unspecified atom stereocenters. The molecule has 0 radical (unpaired) electrons. The largest absolute Gasteiger partial charge is 0.309 e. The Hall–Kier alpha value is -2.24. The molecule has 7 heteroatoms. The van der Waals surface area contributed by atoms with Crippen LogP contribution in [-0.2, 0) is 0 Å². The molecule has 136 valence electrons. The summed E-state index contributed by atoms with van der Waals surface area (Å²) in [5.41, 5.74) is 2.96. The zero-order valence-corrected chi connectivity index (χ0v) is 15.2. The van der Waals surface area contributed by atoms with Crippen LogP contribution in [0.1, 0.15) is 6.42 Å². The summed E-state index contributed by atoms with van der Waals surface area (Å²) in [6.45, 7) is 2.38. The number of anilines is 1. The molecule has 2 fully saturated rings. The highest BCUT2D eigenvalue weighted by Gasteiger charge is 2.43. The van der Waals surface area contributed by atoms with Crippen molar-refractivity contribution in [2.75, 3.05) is 30.5 Å². The number of hydrogen-bond acceptors (Lipinski definition) is 6. The fourth-order valence-corrected chi connectivity index (χ4v) is 5.63.